The van der Waals surface area contributed by atoms with E-state index in [2.05, 4.69) is 10.2 Å². The zero-order valence-corrected chi connectivity index (χ0v) is 7.84. The molecular weight excluding hydrogens is 172 g/mol. The zero-order chi connectivity index (χ0) is 8.55. The average Bonchev–Trinajstić information content (AvgIpc) is 2.78. The number of aromatic nitrogens is 2. The molecule has 1 unspecified atom stereocenters. The van der Waals surface area contributed by atoms with E-state index in [-0.39, 0.29) is 6.10 Å². The number of rotatable bonds is 3. The highest BCUT2D eigenvalue weighted by molar-refractivity contribution is 7.11. The van der Waals surface area contributed by atoms with Crippen LogP contribution < -0.4 is 0 Å². The van der Waals surface area contributed by atoms with Crippen LogP contribution in [0.1, 0.15) is 22.9 Å². The lowest BCUT2D eigenvalue weighted by Gasteiger charge is -2.04. The first kappa shape index (κ1) is 8.13. The van der Waals surface area contributed by atoms with Gasteiger partial charge in [-0.25, -0.2) is 0 Å². The average molecular weight is 184 g/mol. The second-order valence-electron chi connectivity index (χ2n) is 3.32. The predicted octanol–water partition coefficient (Wildman–Crippen LogP) is 1.16. The number of nitrogens with zero attached hydrogens (tertiary/aromatic N) is 2. The summed E-state index contributed by atoms with van der Waals surface area (Å²) in [6.07, 6.45) is 2.87. The maximum atomic E-state index is 9.59. The molecule has 1 aliphatic carbocycles. The molecule has 1 heterocycles. The van der Waals surface area contributed by atoms with Crippen molar-refractivity contribution in [1.82, 2.24) is 10.2 Å². The highest BCUT2D eigenvalue weighted by Crippen LogP contribution is 2.34. The molecule has 1 fully saturated rings. The highest BCUT2D eigenvalue weighted by Gasteiger charge is 2.30. The normalized spacial score (nSPS) is 19.5. The van der Waals surface area contributed by atoms with Gasteiger partial charge >= 0.3 is 0 Å². The Morgan fingerprint density at radius 2 is 2.33 bits per heavy atom. The topological polar surface area (TPSA) is 46.0 Å². The number of aliphatic hydroxyl groups excluding tert-OH is 1. The van der Waals surface area contributed by atoms with Crippen LogP contribution in [0.15, 0.2) is 0 Å². The molecule has 1 aromatic rings. The fourth-order valence-corrected chi connectivity index (χ4v) is 2.00. The molecule has 0 amide bonds. The van der Waals surface area contributed by atoms with Crippen molar-refractivity contribution in [3.8, 4) is 0 Å². The molecule has 0 bridgehead atoms. The van der Waals surface area contributed by atoms with Gasteiger partial charge in [-0.05, 0) is 25.7 Å². The summed E-state index contributed by atoms with van der Waals surface area (Å²) < 4.78 is 0. The van der Waals surface area contributed by atoms with Crippen LogP contribution in [0.4, 0.5) is 0 Å². The largest absolute Gasteiger partial charge is 0.392 e. The minimum atomic E-state index is -0.183. The van der Waals surface area contributed by atoms with Gasteiger partial charge in [-0.1, -0.05) is 0 Å². The molecule has 1 atom stereocenters. The lowest BCUT2D eigenvalue weighted by molar-refractivity contribution is 0.151. The lowest BCUT2D eigenvalue weighted by Crippen LogP contribution is -2.12. The van der Waals surface area contributed by atoms with Gasteiger partial charge in [0.15, 0.2) is 0 Å². The molecule has 2 rings (SSSR count). The molecule has 0 radical (unpaired) electrons. The molecule has 0 spiro atoms. The summed E-state index contributed by atoms with van der Waals surface area (Å²) in [5.74, 6) is 0.536. The summed E-state index contributed by atoms with van der Waals surface area (Å²) in [4.78, 5) is 0. The van der Waals surface area contributed by atoms with Crippen molar-refractivity contribution in [1.29, 1.82) is 0 Å². The van der Waals surface area contributed by atoms with Crippen LogP contribution in [0.2, 0.25) is 0 Å². The van der Waals surface area contributed by atoms with E-state index in [1.807, 2.05) is 6.92 Å². The van der Waals surface area contributed by atoms with Crippen LogP contribution in [0.3, 0.4) is 0 Å². The first-order chi connectivity index (χ1) is 5.75. The van der Waals surface area contributed by atoms with Crippen LogP contribution in [-0.2, 0) is 6.42 Å². The lowest BCUT2D eigenvalue weighted by atomic mass is 10.2. The molecule has 1 aromatic heterocycles. The first-order valence-corrected chi connectivity index (χ1v) is 5.04. The second kappa shape index (κ2) is 3.11. The van der Waals surface area contributed by atoms with E-state index in [0.29, 0.717) is 12.3 Å². The van der Waals surface area contributed by atoms with Crippen molar-refractivity contribution >= 4 is 11.3 Å². The third kappa shape index (κ3) is 1.81. The Hall–Kier alpha value is -0.480. The Balaban J connectivity index is 1.93. The molecule has 12 heavy (non-hydrogen) atoms. The third-order valence-electron chi connectivity index (χ3n) is 2.12. The van der Waals surface area contributed by atoms with Crippen LogP contribution in [0, 0.1) is 12.8 Å². The van der Waals surface area contributed by atoms with Crippen molar-refractivity contribution < 1.29 is 5.11 Å². The van der Waals surface area contributed by atoms with Gasteiger partial charge < -0.3 is 5.11 Å². The Morgan fingerprint density at radius 3 is 2.83 bits per heavy atom. The quantitative estimate of drug-likeness (QED) is 0.766. The van der Waals surface area contributed by atoms with Crippen LogP contribution in [0.25, 0.3) is 0 Å². The van der Waals surface area contributed by atoms with Crippen molar-refractivity contribution in [3.63, 3.8) is 0 Å². The van der Waals surface area contributed by atoms with Gasteiger partial charge in [0.25, 0.3) is 0 Å². The van der Waals surface area contributed by atoms with Crippen molar-refractivity contribution in [2.24, 2.45) is 5.92 Å². The van der Waals surface area contributed by atoms with E-state index in [4.69, 9.17) is 0 Å². The second-order valence-corrected chi connectivity index (χ2v) is 4.59. The van der Waals surface area contributed by atoms with Crippen LogP contribution >= 0.6 is 11.3 Å². The van der Waals surface area contributed by atoms with Gasteiger partial charge in [0, 0.05) is 6.42 Å². The number of hydrogen-bond acceptors (Lipinski definition) is 4. The van der Waals surface area contributed by atoms with E-state index in [0.717, 1.165) is 10.0 Å². The first-order valence-electron chi connectivity index (χ1n) is 4.23. The molecule has 0 aliphatic heterocycles. The maximum Gasteiger partial charge on any atom is 0.120 e. The molecule has 3 nitrogen and oxygen atoms in total. The minimum Gasteiger partial charge on any atom is -0.392 e. The van der Waals surface area contributed by atoms with Gasteiger partial charge in [-0.15, -0.1) is 21.5 Å². The number of aliphatic hydroxyl groups is 1. The summed E-state index contributed by atoms with van der Waals surface area (Å²) >= 11 is 1.58. The third-order valence-corrected chi connectivity index (χ3v) is 2.98. The number of aryl methyl sites for hydroxylation is 1. The Kier molecular flexibility index (Phi) is 2.11. The highest BCUT2D eigenvalue weighted by atomic mass is 32.1. The Labute approximate surface area is 75.5 Å². The van der Waals surface area contributed by atoms with Gasteiger partial charge in [-0.2, -0.15) is 0 Å². The molecule has 1 aliphatic rings. The molecule has 4 heteroatoms. The smallest absolute Gasteiger partial charge is 0.120 e. The summed E-state index contributed by atoms with van der Waals surface area (Å²) in [5, 5.41) is 19.4. The van der Waals surface area contributed by atoms with Gasteiger partial charge in [0.2, 0.25) is 0 Å². The van der Waals surface area contributed by atoms with Crippen molar-refractivity contribution in [3.05, 3.63) is 10.0 Å². The molecule has 1 saturated carbocycles. The standard InChI is InChI=1S/C8H12N2OS/c1-5-9-10-8(12-5)4-7(11)6-2-3-6/h6-7,11H,2-4H2,1H3. The predicted molar refractivity (Wildman–Crippen MR) is 47.1 cm³/mol. The van der Waals surface area contributed by atoms with Crippen LogP contribution in [-0.4, -0.2) is 21.4 Å². The molecule has 0 aromatic carbocycles. The summed E-state index contributed by atoms with van der Waals surface area (Å²) in [6.45, 7) is 1.94. The van der Waals surface area contributed by atoms with Gasteiger partial charge in [-0.3, -0.25) is 0 Å². The molecular formula is C8H12N2OS. The summed E-state index contributed by atoms with van der Waals surface area (Å²) in [6, 6.07) is 0. The van der Waals surface area contributed by atoms with E-state index < -0.39 is 0 Å². The van der Waals surface area contributed by atoms with Crippen molar-refractivity contribution in [2.75, 3.05) is 0 Å². The fourth-order valence-electron chi connectivity index (χ4n) is 1.25. The number of hydrogen-bond donors (Lipinski definition) is 1. The fraction of sp³-hybridized carbons (Fsp3) is 0.750. The van der Waals surface area contributed by atoms with Gasteiger partial charge in [0.1, 0.15) is 10.0 Å². The van der Waals surface area contributed by atoms with E-state index in [1.165, 1.54) is 12.8 Å². The van der Waals surface area contributed by atoms with E-state index in [9.17, 15) is 5.11 Å². The Bertz CT molecular complexity index is 270. The SMILES string of the molecule is Cc1nnc(CC(O)C2CC2)s1. The molecule has 0 saturated heterocycles. The maximum absolute atomic E-state index is 9.59. The van der Waals surface area contributed by atoms with Crippen LogP contribution in [0.5, 0.6) is 0 Å². The monoisotopic (exact) mass is 184 g/mol. The molecule has 66 valence electrons. The zero-order valence-electron chi connectivity index (χ0n) is 7.03. The summed E-state index contributed by atoms with van der Waals surface area (Å²) in [7, 11) is 0. The minimum absolute atomic E-state index is 0.183. The summed E-state index contributed by atoms with van der Waals surface area (Å²) in [5.41, 5.74) is 0. The van der Waals surface area contributed by atoms with Gasteiger partial charge in [0.05, 0.1) is 6.10 Å². The molecule has 1 N–H and O–H groups in total. The van der Waals surface area contributed by atoms with Crippen molar-refractivity contribution in [2.45, 2.75) is 32.3 Å². The van der Waals surface area contributed by atoms with E-state index >= 15 is 0 Å². The van der Waals surface area contributed by atoms with E-state index in [1.54, 1.807) is 11.3 Å². The Morgan fingerprint density at radius 1 is 1.58 bits per heavy atom.